The molecule has 0 radical (unpaired) electrons. The van der Waals surface area contributed by atoms with Crippen LogP contribution < -0.4 is 10.6 Å². The van der Waals surface area contributed by atoms with E-state index in [1.807, 2.05) is 0 Å². The third kappa shape index (κ3) is 5.67. The Labute approximate surface area is 168 Å². The van der Waals surface area contributed by atoms with Gasteiger partial charge in [-0.1, -0.05) is 6.92 Å². The highest BCUT2D eigenvalue weighted by molar-refractivity contribution is 7.89. The Kier molecular flexibility index (Phi) is 8.09. The summed E-state index contributed by atoms with van der Waals surface area (Å²) in [6, 6.07) is 6.30. The van der Waals surface area contributed by atoms with Gasteiger partial charge in [0.25, 0.3) is 5.91 Å². The molecular weight excluding hydrogens is 386 g/mol. The lowest BCUT2D eigenvalue weighted by Gasteiger charge is -2.29. The molecule has 2 fully saturated rings. The van der Waals surface area contributed by atoms with Crippen LogP contribution in [0, 0.1) is 11.8 Å². The number of nitrogens with one attached hydrogen (secondary N) is 2. The van der Waals surface area contributed by atoms with Gasteiger partial charge in [0.1, 0.15) is 0 Å². The van der Waals surface area contributed by atoms with E-state index in [9.17, 15) is 13.2 Å². The first kappa shape index (κ1) is 22.1. The average molecular weight is 416 g/mol. The Bertz CT molecular complexity index is 710. The second-order valence-corrected chi connectivity index (χ2v) is 9.45. The van der Waals surface area contributed by atoms with Crippen molar-refractivity contribution in [3.05, 3.63) is 29.8 Å². The van der Waals surface area contributed by atoms with Crippen molar-refractivity contribution >= 4 is 28.3 Å². The fraction of sp³-hybridized carbons (Fsp3) is 0.632. The molecule has 2 aliphatic rings. The van der Waals surface area contributed by atoms with Gasteiger partial charge >= 0.3 is 0 Å². The zero-order valence-corrected chi connectivity index (χ0v) is 17.4. The summed E-state index contributed by atoms with van der Waals surface area (Å²) >= 11 is 0. The Hall–Kier alpha value is -1.15. The minimum Gasteiger partial charge on any atom is -0.352 e. The number of sulfonamides is 1. The van der Waals surface area contributed by atoms with Gasteiger partial charge in [0, 0.05) is 25.2 Å². The van der Waals surface area contributed by atoms with Crippen molar-refractivity contribution in [2.24, 2.45) is 11.8 Å². The van der Waals surface area contributed by atoms with E-state index in [0.717, 1.165) is 38.8 Å². The number of piperidine rings is 1. The van der Waals surface area contributed by atoms with E-state index in [0.29, 0.717) is 37.0 Å². The van der Waals surface area contributed by atoms with E-state index in [-0.39, 0.29) is 23.2 Å². The number of benzene rings is 1. The number of hydrogen-bond donors (Lipinski definition) is 2. The van der Waals surface area contributed by atoms with Crippen LogP contribution in [0.4, 0.5) is 0 Å². The molecule has 1 amide bonds. The van der Waals surface area contributed by atoms with Crippen molar-refractivity contribution in [3.63, 3.8) is 0 Å². The van der Waals surface area contributed by atoms with E-state index in [1.165, 1.54) is 0 Å². The topological polar surface area (TPSA) is 78.5 Å². The van der Waals surface area contributed by atoms with Gasteiger partial charge in [-0.25, -0.2) is 8.42 Å². The summed E-state index contributed by atoms with van der Waals surface area (Å²) in [5.41, 5.74) is 0.501. The van der Waals surface area contributed by atoms with E-state index in [2.05, 4.69) is 17.6 Å². The Morgan fingerprint density at radius 1 is 1.19 bits per heavy atom. The molecule has 3 rings (SSSR count). The molecule has 0 bridgehead atoms. The van der Waals surface area contributed by atoms with Gasteiger partial charge in [0.15, 0.2) is 0 Å². The van der Waals surface area contributed by atoms with E-state index < -0.39 is 10.0 Å². The van der Waals surface area contributed by atoms with Crippen molar-refractivity contribution < 1.29 is 13.2 Å². The molecular formula is C19H30ClN3O3S. The number of carbonyl (C=O) groups excluding carboxylic acids is 1. The fourth-order valence-electron chi connectivity index (χ4n) is 3.61. The molecule has 2 aliphatic heterocycles. The number of amides is 1. The summed E-state index contributed by atoms with van der Waals surface area (Å²) in [5, 5.41) is 6.24. The van der Waals surface area contributed by atoms with E-state index >= 15 is 0 Å². The number of halogens is 1. The standard InChI is InChI=1S/C19H29N3O3S.ClH/c1-15-8-12-22(13-9-15)26(24,25)18-4-2-17(3-5-18)19(23)21-11-7-16-6-10-20-14-16;/h2-5,15-16,20H,6-14H2,1H3,(H,21,23);1H. The van der Waals surface area contributed by atoms with Crippen molar-refractivity contribution in [3.8, 4) is 0 Å². The number of carbonyl (C=O) groups is 1. The molecule has 0 spiro atoms. The molecule has 0 aliphatic carbocycles. The fourth-order valence-corrected chi connectivity index (χ4v) is 5.08. The molecule has 2 saturated heterocycles. The average Bonchev–Trinajstić information content (AvgIpc) is 3.15. The number of hydrogen-bond acceptors (Lipinski definition) is 4. The summed E-state index contributed by atoms with van der Waals surface area (Å²) < 4.78 is 27.0. The second kappa shape index (κ2) is 9.87. The van der Waals surface area contributed by atoms with Crippen molar-refractivity contribution in [2.45, 2.75) is 37.5 Å². The van der Waals surface area contributed by atoms with Crippen LogP contribution >= 0.6 is 12.4 Å². The van der Waals surface area contributed by atoms with Crippen LogP contribution in [0.3, 0.4) is 0 Å². The first-order valence-corrected chi connectivity index (χ1v) is 11.0. The monoisotopic (exact) mass is 415 g/mol. The molecule has 152 valence electrons. The molecule has 8 heteroatoms. The maximum absolute atomic E-state index is 12.7. The maximum Gasteiger partial charge on any atom is 0.251 e. The SMILES string of the molecule is CC1CCN(S(=O)(=O)c2ccc(C(=O)NCCC3CCNC3)cc2)CC1.Cl. The largest absolute Gasteiger partial charge is 0.352 e. The van der Waals surface area contributed by atoms with Crippen LogP contribution in [-0.4, -0.2) is 51.4 Å². The minimum atomic E-state index is -3.46. The molecule has 2 heterocycles. The highest BCUT2D eigenvalue weighted by Crippen LogP contribution is 2.23. The van der Waals surface area contributed by atoms with Gasteiger partial charge in [-0.3, -0.25) is 4.79 Å². The van der Waals surface area contributed by atoms with E-state index in [4.69, 9.17) is 0 Å². The van der Waals surface area contributed by atoms with Crippen LogP contribution in [0.15, 0.2) is 29.2 Å². The zero-order valence-electron chi connectivity index (χ0n) is 15.8. The van der Waals surface area contributed by atoms with Crippen LogP contribution in [-0.2, 0) is 10.0 Å². The van der Waals surface area contributed by atoms with Crippen LogP contribution in [0.25, 0.3) is 0 Å². The Balaban J connectivity index is 0.00000261. The quantitative estimate of drug-likeness (QED) is 0.746. The normalized spacial score (nSPS) is 21.6. The van der Waals surface area contributed by atoms with Gasteiger partial charge in [-0.05, 0) is 74.9 Å². The summed E-state index contributed by atoms with van der Waals surface area (Å²) in [4.78, 5) is 12.5. The third-order valence-corrected chi connectivity index (χ3v) is 7.41. The molecule has 1 atom stereocenters. The molecule has 1 aromatic carbocycles. The van der Waals surface area contributed by atoms with E-state index in [1.54, 1.807) is 28.6 Å². The van der Waals surface area contributed by atoms with Gasteiger partial charge in [-0.2, -0.15) is 4.31 Å². The number of nitrogens with zero attached hydrogens (tertiary/aromatic N) is 1. The summed E-state index contributed by atoms with van der Waals surface area (Å²) in [7, 11) is -3.46. The molecule has 1 unspecified atom stereocenters. The second-order valence-electron chi connectivity index (χ2n) is 7.51. The van der Waals surface area contributed by atoms with Crippen LogP contribution in [0.5, 0.6) is 0 Å². The highest BCUT2D eigenvalue weighted by Gasteiger charge is 2.28. The van der Waals surface area contributed by atoms with Crippen molar-refractivity contribution in [1.82, 2.24) is 14.9 Å². The van der Waals surface area contributed by atoms with Gasteiger partial charge in [0.2, 0.25) is 10.0 Å². The first-order valence-electron chi connectivity index (χ1n) is 9.56. The molecule has 1 aromatic rings. The molecule has 27 heavy (non-hydrogen) atoms. The third-order valence-electron chi connectivity index (χ3n) is 5.50. The number of rotatable bonds is 6. The Morgan fingerprint density at radius 2 is 1.85 bits per heavy atom. The van der Waals surface area contributed by atoms with Crippen molar-refractivity contribution in [2.75, 3.05) is 32.7 Å². The maximum atomic E-state index is 12.7. The summed E-state index contributed by atoms with van der Waals surface area (Å²) in [5.74, 6) is 1.06. The van der Waals surface area contributed by atoms with Crippen LogP contribution in [0.2, 0.25) is 0 Å². The molecule has 0 saturated carbocycles. The minimum absolute atomic E-state index is 0. The Morgan fingerprint density at radius 3 is 2.44 bits per heavy atom. The lowest BCUT2D eigenvalue weighted by molar-refractivity contribution is 0.0951. The van der Waals surface area contributed by atoms with Gasteiger partial charge in [-0.15, -0.1) is 12.4 Å². The van der Waals surface area contributed by atoms with Gasteiger partial charge in [0.05, 0.1) is 4.90 Å². The van der Waals surface area contributed by atoms with Crippen LogP contribution in [0.1, 0.15) is 43.0 Å². The summed E-state index contributed by atoms with van der Waals surface area (Å²) in [6.45, 7) is 6.03. The molecule has 2 N–H and O–H groups in total. The van der Waals surface area contributed by atoms with Gasteiger partial charge < -0.3 is 10.6 Å². The summed E-state index contributed by atoms with van der Waals surface area (Å²) in [6.07, 6.45) is 3.93. The lowest BCUT2D eigenvalue weighted by atomic mass is 10.0. The predicted octanol–water partition coefficient (Wildman–Crippen LogP) is 2.26. The smallest absolute Gasteiger partial charge is 0.251 e. The molecule has 6 nitrogen and oxygen atoms in total. The first-order chi connectivity index (χ1) is 12.5. The predicted molar refractivity (Wildman–Crippen MR) is 109 cm³/mol. The molecule has 0 aromatic heterocycles. The highest BCUT2D eigenvalue weighted by atomic mass is 35.5. The zero-order chi connectivity index (χ0) is 18.6. The lowest BCUT2D eigenvalue weighted by Crippen LogP contribution is -2.37. The van der Waals surface area contributed by atoms with Crippen molar-refractivity contribution in [1.29, 1.82) is 0 Å².